The van der Waals surface area contributed by atoms with Gasteiger partial charge in [0.2, 0.25) is 21.8 Å². The van der Waals surface area contributed by atoms with Crippen molar-refractivity contribution in [3.05, 3.63) is 89.4 Å². The number of nitrogens with one attached hydrogen (secondary N) is 1. The third-order valence-corrected chi connectivity index (χ3v) is 7.81. The Morgan fingerprint density at radius 1 is 0.925 bits per heavy atom. The average Bonchev–Trinajstić information content (AvgIpc) is 2.93. The Balaban J connectivity index is 1.88. The number of hydrogen-bond acceptors (Lipinski definition) is 5. The third kappa shape index (κ3) is 8.72. The summed E-state index contributed by atoms with van der Waals surface area (Å²) in [5.41, 5.74) is 0.958. The van der Waals surface area contributed by atoms with E-state index >= 15 is 0 Å². The van der Waals surface area contributed by atoms with Crippen LogP contribution < -0.4 is 14.4 Å². The largest absolute Gasteiger partial charge is 0.457 e. The normalized spacial score (nSPS) is 11.9. The molecule has 0 saturated carbocycles. The van der Waals surface area contributed by atoms with E-state index in [1.165, 1.54) is 4.90 Å². The maximum atomic E-state index is 13.8. The van der Waals surface area contributed by atoms with Crippen LogP contribution in [0.15, 0.2) is 78.9 Å². The van der Waals surface area contributed by atoms with Gasteiger partial charge in [0.1, 0.15) is 24.1 Å². The maximum absolute atomic E-state index is 13.8. The smallest absolute Gasteiger partial charge is 0.244 e. The minimum Gasteiger partial charge on any atom is -0.457 e. The van der Waals surface area contributed by atoms with Crippen molar-refractivity contribution in [2.75, 3.05) is 23.7 Å². The predicted molar refractivity (Wildman–Crippen MR) is 159 cm³/mol. The van der Waals surface area contributed by atoms with Crippen LogP contribution in [0.4, 0.5) is 5.69 Å². The Hall–Kier alpha value is -3.56. The number of hydrogen-bond donors (Lipinski definition) is 1. The van der Waals surface area contributed by atoms with Crippen LogP contribution >= 0.6 is 11.6 Å². The second kappa shape index (κ2) is 14.7. The summed E-state index contributed by atoms with van der Waals surface area (Å²) >= 11 is 6.39. The van der Waals surface area contributed by atoms with Crippen molar-refractivity contribution in [1.29, 1.82) is 0 Å². The number of carbonyl (C=O) groups is 2. The summed E-state index contributed by atoms with van der Waals surface area (Å²) in [6.45, 7) is 3.90. The number of nitrogens with zero attached hydrogens (tertiary/aromatic N) is 2. The van der Waals surface area contributed by atoms with Crippen molar-refractivity contribution < 1.29 is 22.7 Å². The second-order valence-corrected chi connectivity index (χ2v) is 11.7. The molecule has 8 nitrogen and oxygen atoms in total. The van der Waals surface area contributed by atoms with E-state index in [4.69, 9.17) is 16.3 Å². The lowest BCUT2D eigenvalue weighted by Gasteiger charge is -2.33. The van der Waals surface area contributed by atoms with Crippen molar-refractivity contribution in [2.45, 2.75) is 45.7 Å². The van der Waals surface area contributed by atoms with Gasteiger partial charge in [-0.05, 0) is 60.9 Å². The number of ether oxygens (including phenoxy) is 1. The van der Waals surface area contributed by atoms with Crippen molar-refractivity contribution in [3.8, 4) is 11.5 Å². The molecule has 0 saturated heterocycles. The lowest BCUT2D eigenvalue weighted by Crippen LogP contribution is -2.52. The van der Waals surface area contributed by atoms with Crippen LogP contribution in [0, 0.1) is 0 Å². The molecule has 1 unspecified atom stereocenters. The summed E-state index contributed by atoms with van der Waals surface area (Å²) < 4.78 is 32.5. The van der Waals surface area contributed by atoms with Gasteiger partial charge in [0, 0.05) is 18.1 Å². The van der Waals surface area contributed by atoms with Crippen LogP contribution in [0.25, 0.3) is 0 Å². The van der Waals surface area contributed by atoms with Crippen LogP contribution in [0.3, 0.4) is 0 Å². The average molecular weight is 586 g/mol. The lowest BCUT2D eigenvalue weighted by molar-refractivity contribution is -0.140. The van der Waals surface area contributed by atoms with E-state index < -0.39 is 28.5 Å². The van der Waals surface area contributed by atoms with E-state index in [0.717, 1.165) is 23.4 Å². The highest BCUT2D eigenvalue weighted by atomic mass is 35.5. The van der Waals surface area contributed by atoms with Crippen LogP contribution in [0.5, 0.6) is 11.5 Å². The molecule has 0 aliphatic carbocycles. The monoisotopic (exact) mass is 585 g/mol. The van der Waals surface area contributed by atoms with E-state index in [0.29, 0.717) is 40.7 Å². The number of para-hydroxylation sites is 1. The van der Waals surface area contributed by atoms with E-state index in [9.17, 15) is 18.0 Å². The molecule has 0 radical (unpaired) electrons. The van der Waals surface area contributed by atoms with Gasteiger partial charge in [-0.2, -0.15) is 0 Å². The maximum Gasteiger partial charge on any atom is 0.244 e. The Bertz CT molecular complexity index is 1370. The van der Waals surface area contributed by atoms with Gasteiger partial charge in [0.05, 0.1) is 11.9 Å². The molecule has 3 rings (SSSR count). The Morgan fingerprint density at radius 2 is 1.55 bits per heavy atom. The number of benzene rings is 3. The number of rotatable bonds is 14. The van der Waals surface area contributed by atoms with Gasteiger partial charge in [-0.25, -0.2) is 8.42 Å². The zero-order valence-electron chi connectivity index (χ0n) is 23.0. The highest BCUT2D eigenvalue weighted by Crippen LogP contribution is 2.26. The molecule has 40 heavy (non-hydrogen) atoms. The number of amides is 2. The Kier molecular flexibility index (Phi) is 11.4. The molecule has 0 spiro atoms. The van der Waals surface area contributed by atoms with Gasteiger partial charge in [-0.1, -0.05) is 68.3 Å². The standard InChI is InChI=1S/C30H36ClN3O5S/c1-4-6-20-32-30(36)28(5-2)33(21-23-12-10-11-15-27(23)31)29(35)22-34(40(3,37)38)24-16-18-26(19-17-24)39-25-13-8-7-9-14-25/h7-19,28H,4-6,20-22H2,1-3H3,(H,32,36). The van der Waals surface area contributed by atoms with Crippen LogP contribution in [-0.4, -0.2) is 50.5 Å². The molecule has 3 aromatic rings. The second-order valence-electron chi connectivity index (χ2n) is 9.36. The molecular weight excluding hydrogens is 550 g/mol. The van der Waals surface area contributed by atoms with E-state index in [1.54, 1.807) is 48.5 Å². The number of anilines is 1. The van der Waals surface area contributed by atoms with Crippen molar-refractivity contribution in [2.24, 2.45) is 0 Å². The van der Waals surface area contributed by atoms with Gasteiger partial charge in [0.15, 0.2) is 0 Å². The summed E-state index contributed by atoms with van der Waals surface area (Å²) in [6.07, 6.45) is 3.12. The minimum atomic E-state index is -3.85. The summed E-state index contributed by atoms with van der Waals surface area (Å²) in [6, 6.07) is 21.9. The molecule has 1 N–H and O–H groups in total. The van der Waals surface area contributed by atoms with Crippen molar-refractivity contribution >= 4 is 39.1 Å². The van der Waals surface area contributed by atoms with Gasteiger partial charge >= 0.3 is 0 Å². The molecule has 0 fully saturated rings. The molecule has 0 heterocycles. The summed E-state index contributed by atoms with van der Waals surface area (Å²) in [7, 11) is -3.85. The molecule has 0 aliphatic heterocycles. The topological polar surface area (TPSA) is 96.0 Å². The van der Waals surface area contributed by atoms with Crippen molar-refractivity contribution in [1.82, 2.24) is 10.2 Å². The zero-order valence-corrected chi connectivity index (χ0v) is 24.6. The Labute approximate surface area is 241 Å². The fourth-order valence-electron chi connectivity index (χ4n) is 4.15. The number of halogens is 1. The first-order valence-corrected chi connectivity index (χ1v) is 15.5. The fourth-order valence-corrected chi connectivity index (χ4v) is 5.20. The number of carbonyl (C=O) groups excluding carboxylic acids is 2. The molecular formula is C30H36ClN3O5S. The van der Waals surface area contributed by atoms with Gasteiger partial charge in [0.25, 0.3) is 0 Å². The summed E-state index contributed by atoms with van der Waals surface area (Å²) in [4.78, 5) is 28.3. The third-order valence-electron chi connectivity index (χ3n) is 6.30. The van der Waals surface area contributed by atoms with Crippen LogP contribution in [0.1, 0.15) is 38.7 Å². The molecule has 0 aliphatic rings. The SMILES string of the molecule is CCCCNC(=O)C(CC)N(Cc1ccccc1Cl)C(=O)CN(c1ccc(Oc2ccccc2)cc1)S(C)(=O)=O. The first-order valence-electron chi connectivity index (χ1n) is 13.2. The summed E-state index contributed by atoms with van der Waals surface area (Å²) in [5.74, 6) is 0.352. The molecule has 3 aromatic carbocycles. The highest BCUT2D eigenvalue weighted by Gasteiger charge is 2.32. The first kappa shape index (κ1) is 31.0. The zero-order chi connectivity index (χ0) is 29.1. The van der Waals surface area contributed by atoms with Crippen LogP contribution in [-0.2, 0) is 26.2 Å². The van der Waals surface area contributed by atoms with Gasteiger partial charge < -0.3 is 15.0 Å². The molecule has 10 heteroatoms. The van der Waals surface area contributed by atoms with Crippen LogP contribution in [0.2, 0.25) is 5.02 Å². The molecule has 0 bridgehead atoms. The van der Waals surface area contributed by atoms with Gasteiger partial charge in [-0.3, -0.25) is 13.9 Å². The molecule has 0 aromatic heterocycles. The predicted octanol–water partition coefficient (Wildman–Crippen LogP) is 5.62. The molecule has 1 atom stereocenters. The first-order chi connectivity index (χ1) is 19.1. The summed E-state index contributed by atoms with van der Waals surface area (Å²) in [5, 5.41) is 3.35. The minimum absolute atomic E-state index is 0.0552. The number of sulfonamides is 1. The van der Waals surface area contributed by atoms with E-state index in [2.05, 4.69) is 5.32 Å². The Morgan fingerprint density at radius 3 is 2.15 bits per heavy atom. The van der Waals surface area contributed by atoms with Crippen molar-refractivity contribution in [3.63, 3.8) is 0 Å². The number of unbranched alkanes of at least 4 members (excludes halogenated alkanes) is 1. The fraction of sp³-hybridized carbons (Fsp3) is 0.333. The van der Waals surface area contributed by atoms with Gasteiger partial charge in [-0.15, -0.1) is 0 Å². The molecule has 214 valence electrons. The van der Waals surface area contributed by atoms with E-state index in [-0.39, 0.29) is 12.5 Å². The highest BCUT2D eigenvalue weighted by molar-refractivity contribution is 7.92. The molecule has 2 amide bonds. The quantitative estimate of drug-likeness (QED) is 0.248. The lowest BCUT2D eigenvalue weighted by atomic mass is 10.1. The van der Waals surface area contributed by atoms with E-state index in [1.807, 2.05) is 44.2 Å².